The zero-order valence-electron chi connectivity index (χ0n) is 11.3. The summed E-state index contributed by atoms with van der Waals surface area (Å²) in [6, 6.07) is 25.3. The lowest BCUT2D eigenvalue weighted by Crippen LogP contribution is -2.54. The van der Waals surface area contributed by atoms with Crippen LogP contribution in [0.3, 0.4) is 0 Å². The lowest BCUT2D eigenvalue weighted by Gasteiger charge is -2.26. The van der Waals surface area contributed by atoms with Crippen LogP contribution in [0.15, 0.2) is 72.8 Å². The van der Waals surface area contributed by atoms with Gasteiger partial charge in [-0.05, 0) is 51.7 Å². The van der Waals surface area contributed by atoms with Crippen LogP contribution in [0.25, 0.3) is 0 Å². The molecule has 1 heterocycles. The van der Waals surface area contributed by atoms with Gasteiger partial charge in [0, 0.05) is 3.57 Å². The van der Waals surface area contributed by atoms with Gasteiger partial charge in [-0.3, -0.25) is 0 Å². The second-order valence-corrected chi connectivity index (χ2v) is 6.41. The molecular formula is C18H12BIO. The number of hydrogen-bond acceptors (Lipinski definition) is 1. The minimum Gasteiger partial charge on any atom is -0.458 e. The number of benzene rings is 3. The van der Waals surface area contributed by atoms with Crippen LogP contribution in [0, 0.1) is 3.57 Å². The van der Waals surface area contributed by atoms with Crippen molar-refractivity contribution in [2.75, 3.05) is 0 Å². The number of fused-ring (bicyclic) bond motifs is 2. The number of hydrogen-bond donors (Lipinski definition) is 0. The molecule has 0 fully saturated rings. The quantitative estimate of drug-likeness (QED) is 0.364. The van der Waals surface area contributed by atoms with Crippen LogP contribution in [0.2, 0.25) is 0 Å². The molecule has 4 rings (SSSR count). The van der Waals surface area contributed by atoms with Crippen molar-refractivity contribution >= 4 is 45.7 Å². The third-order valence-corrected chi connectivity index (χ3v) is 4.53. The Balaban J connectivity index is 1.97. The molecule has 1 nitrogen and oxygen atoms in total. The Kier molecular flexibility index (Phi) is 3.22. The highest BCUT2D eigenvalue weighted by atomic mass is 127. The molecule has 0 unspecified atom stereocenters. The molecule has 0 radical (unpaired) electrons. The maximum atomic E-state index is 6.06. The fourth-order valence-corrected chi connectivity index (χ4v) is 3.52. The summed E-state index contributed by atoms with van der Waals surface area (Å²) in [5, 5.41) is 0. The number of para-hydroxylation sites is 2. The molecule has 0 N–H and O–H groups in total. The maximum Gasteiger partial charge on any atom is 0.250 e. The number of ether oxygens (including phenoxy) is 1. The molecule has 0 aromatic heterocycles. The summed E-state index contributed by atoms with van der Waals surface area (Å²) >= 11 is 2.37. The maximum absolute atomic E-state index is 6.06. The van der Waals surface area contributed by atoms with Crippen LogP contribution in [-0.4, -0.2) is 6.71 Å². The van der Waals surface area contributed by atoms with Crippen LogP contribution in [0.5, 0.6) is 11.5 Å². The molecule has 3 aromatic carbocycles. The van der Waals surface area contributed by atoms with E-state index in [4.69, 9.17) is 4.74 Å². The first-order valence-electron chi connectivity index (χ1n) is 6.94. The van der Waals surface area contributed by atoms with E-state index in [1.807, 2.05) is 24.3 Å². The van der Waals surface area contributed by atoms with E-state index in [0.717, 1.165) is 11.5 Å². The van der Waals surface area contributed by atoms with Crippen molar-refractivity contribution in [3.8, 4) is 11.5 Å². The van der Waals surface area contributed by atoms with Gasteiger partial charge in [0.2, 0.25) is 0 Å². The Morgan fingerprint density at radius 1 is 0.714 bits per heavy atom. The summed E-state index contributed by atoms with van der Waals surface area (Å²) in [7, 11) is 0. The first kappa shape index (κ1) is 13.0. The monoisotopic (exact) mass is 382 g/mol. The summed E-state index contributed by atoms with van der Waals surface area (Å²) in [4.78, 5) is 0. The molecule has 1 aliphatic rings. The van der Waals surface area contributed by atoms with E-state index in [0.29, 0.717) is 0 Å². The van der Waals surface area contributed by atoms with Crippen molar-refractivity contribution in [2.24, 2.45) is 0 Å². The minimum absolute atomic E-state index is 0.237. The van der Waals surface area contributed by atoms with Crippen LogP contribution >= 0.6 is 22.6 Å². The van der Waals surface area contributed by atoms with E-state index in [9.17, 15) is 0 Å². The van der Waals surface area contributed by atoms with Crippen molar-refractivity contribution in [3.05, 3.63) is 76.4 Å². The number of rotatable bonds is 1. The molecule has 1 aliphatic heterocycles. The van der Waals surface area contributed by atoms with Gasteiger partial charge >= 0.3 is 0 Å². The summed E-state index contributed by atoms with van der Waals surface area (Å²) in [6.07, 6.45) is 0. The predicted octanol–water partition coefficient (Wildman–Crippen LogP) is 2.91. The van der Waals surface area contributed by atoms with Crippen LogP contribution in [0.1, 0.15) is 0 Å². The average Bonchev–Trinajstić information content (AvgIpc) is 2.52. The van der Waals surface area contributed by atoms with E-state index in [1.54, 1.807) is 0 Å². The van der Waals surface area contributed by atoms with E-state index >= 15 is 0 Å². The lowest BCUT2D eigenvalue weighted by molar-refractivity contribution is 0.487. The van der Waals surface area contributed by atoms with Gasteiger partial charge in [0.25, 0.3) is 6.71 Å². The molecule has 100 valence electrons. The van der Waals surface area contributed by atoms with Gasteiger partial charge in [-0.15, -0.1) is 0 Å². The largest absolute Gasteiger partial charge is 0.458 e. The Hall–Kier alpha value is -1.75. The first-order valence-corrected chi connectivity index (χ1v) is 8.02. The average molecular weight is 382 g/mol. The van der Waals surface area contributed by atoms with Gasteiger partial charge in [-0.1, -0.05) is 60.1 Å². The van der Waals surface area contributed by atoms with E-state index in [-0.39, 0.29) is 6.71 Å². The molecule has 0 spiro atoms. The van der Waals surface area contributed by atoms with Gasteiger partial charge in [0.15, 0.2) is 0 Å². The normalized spacial score (nSPS) is 12.3. The first-order chi connectivity index (χ1) is 10.3. The fourth-order valence-electron chi connectivity index (χ4n) is 2.96. The standard InChI is InChI=1S/C18H12BIO/c20-14-7-5-6-13(12-14)19-15-8-1-3-10-17(15)21-18-11-4-2-9-16(18)19/h1-12H. The van der Waals surface area contributed by atoms with Crippen molar-refractivity contribution < 1.29 is 4.74 Å². The highest BCUT2D eigenvalue weighted by molar-refractivity contribution is 14.1. The van der Waals surface area contributed by atoms with E-state index < -0.39 is 0 Å². The molecule has 0 saturated heterocycles. The molecule has 0 saturated carbocycles. The Labute approximate surface area is 138 Å². The van der Waals surface area contributed by atoms with Gasteiger partial charge in [-0.2, -0.15) is 0 Å². The van der Waals surface area contributed by atoms with Crippen molar-refractivity contribution in [1.82, 2.24) is 0 Å². The second-order valence-electron chi connectivity index (χ2n) is 5.17. The molecule has 0 atom stereocenters. The number of halogens is 1. The fraction of sp³-hybridized carbons (Fsp3) is 0. The Bertz CT molecular complexity index is 770. The summed E-state index contributed by atoms with van der Waals surface area (Å²) in [6.45, 7) is 0.237. The van der Waals surface area contributed by atoms with Gasteiger partial charge < -0.3 is 4.74 Å². The summed E-state index contributed by atoms with van der Waals surface area (Å²) in [5.74, 6) is 1.92. The van der Waals surface area contributed by atoms with Crippen LogP contribution in [0.4, 0.5) is 0 Å². The van der Waals surface area contributed by atoms with Crippen LogP contribution in [-0.2, 0) is 0 Å². The molecule has 3 aromatic rings. The Morgan fingerprint density at radius 2 is 1.33 bits per heavy atom. The summed E-state index contributed by atoms with van der Waals surface area (Å²) < 4.78 is 7.31. The molecule has 0 aliphatic carbocycles. The third-order valence-electron chi connectivity index (χ3n) is 3.86. The molecule has 0 bridgehead atoms. The van der Waals surface area contributed by atoms with Crippen molar-refractivity contribution in [2.45, 2.75) is 0 Å². The zero-order valence-corrected chi connectivity index (χ0v) is 13.4. The summed E-state index contributed by atoms with van der Waals surface area (Å²) in [5.41, 5.74) is 3.78. The molecule has 21 heavy (non-hydrogen) atoms. The van der Waals surface area contributed by atoms with E-state index in [1.165, 1.54) is 20.0 Å². The zero-order chi connectivity index (χ0) is 14.2. The van der Waals surface area contributed by atoms with Crippen molar-refractivity contribution in [1.29, 1.82) is 0 Å². The SMILES string of the molecule is Ic1cccc(B2c3ccccc3Oc3ccccc32)c1. The second kappa shape index (κ2) is 5.22. The van der Waals surface area contributed by atoms with E-state index in [2.05, 4.69) is 71.1 Å². The molecular weight excluding hydrogens is 370 g/mol. The molecule has 3 heteroatoms. The highest BCUT2D eigenvalue weighted by Crippen LogP contribution is 2.23. The topological polar surface area (TPSA) is 9.23 Å². The lowest BCUT2D eigenvalue weighted by atomic mass is 9.36. The van der Waals surface area contributed by atoms with Crippen LogP contribution < -0.4 is 21.1 Å². The third kappa shape index (κ3) is 2.25. The predicted molar refractivity (Wildman–Crippen MR) is 96.8 cm³/mol. The van der Waals surface area contributed by atoms with Gasteiger partial charge in [-0.25, -0.2) is 0 Å². The van der Waals surface area contributed by atoms with Crippen molar-refractivity contribution in [3.63, 3.8) is 0 Å². The Morgan fingerprint density at radius 3 is 1.95 bits per heavy atom. The smallest absolute Gasteiger partial charge is 0.250 e. The highest BCUT2D eigenvalue weighted by Gasteiger charge is 2.31. The van der Waals surface area contributed by atoms with Gasteiger partial charge in [0.05, 0.1) is 0 Å². The minimum atomic E-state index is 0.237. The van der Waals surface area contributed by atoms with Gasteiger partial charge in [0.1, 0.15) is 11.5 Å². The molecule has 0 amide bonds.